The van der Waals surface area contributed by atoms with Crippen LogP contribution in [0.15, 0.2) is 71.9 Å². The second-order valence-corrected chi connectivity index (χ2v) is 9.03. The summed E-state index contributed by atoms with van der Waals surface area (Å²) in [5.41, 5.74) is 6.16. The SMILES string of the molecule is C/C(NCCc1ccccc1)=C1\CC(NCCc2ccccc2)CC(C)(C)C1. The van der Waals surface area contributed by atoms with E-state index in [1.807, 2.05) is 0 Å². The van der Waals surface area contributed by atoms with Crippen molar-refractivity contribution in [3.05, 3.63) is 83.1 Å². The van der Waals surface area contributed by atoms with Crippen molar-refractivity contribution in [1.29, 1.82) is 0 Å². The monoisotopic (exact) mass is 376 g/mol. The molecule has 1 aliphatic carbocycles. The summed E-state index contributed by atoms with van der Waals surface area (Å²) in [6.45, 7) is 9.15. The van der Waals surface area contributed by atoms with Gasteiger partial charge in [-0.1, -0.05) is 74.5 Å². The lowest BCUT2D eigenvalue weighted by Crippen LogP contribution is -2.40. The highest BCUT2D eigenvalue weighted by Gasteiger charge is 2.31. The Labute approximate surface area is 171 Å². The summed E-state index contributed by atoms with van der Waals surface area (Å²) in [4.78, 5) is 0. The van der Waals surface area contributed by atoms with Gasteiger partial charge in [-0.3, -0.25) is 0 Å². The van der Waals surface area contributed by atoms with Gasteiger partial charge in [-0.2, -0.15) is 0 Å². The molecule has 2 aromatic rings. The molecule has 2 heteroatoms. The number of rotatable bonds is 8. The summed E-state index contributed by atoms with van der Waals surface area (Å²) in [6.07, 6.45) is 5.80. The van der Waals surface area contributed by atoms with Gasteiger partial charge in [0.2, 0.25) is 0 Å². The fourth-order valence-corrected chi connectivity index (χ4v) is 4.42. The van der Waals surface area contributed by atoms with Crippen molar-refractivity contribution in [3.63, 3.8) is 0 Å². The first kappa shape index (κ1) is 20.7. The zero-order chi connectivity index (χ0) is 19.8. The Hall–Kier alpha value is -2.06. The molecule has 150 valence electrons. The topological polar surface area (TPSA) is 24.1 Å². The average Bonchev–Trinajstić information content (AvgIpc) is 2.68. The van der Waals surface area contributed by atoms with Crippen molar-refractivity contribution in [1.82, 2.24) is 10.6 Å². The van der Waals surface area contributed by atoms with Gasteiger partial charge in [0.15, 0.2) is 0 Å². The van der Waals surface area contributed by atoms with Crippen LogP contribution in [0, 0.1) is 5.41 Å². The molecule has 0 aliphatic heterocycles. The zero-order valence-electron chi connectivity index (χ0n) is 17.8. The van der Waals surface area contributed by atoms with Crippen molar-refractivity contribution in [2.75, 3.05) is 13.1 Å². The molecule has 0 spiro atoms. The first-order valence-corrected chi connectivity index (χ1v) is 10.8. The molecule has 28 heavy (non-hydrogen) atoms. The van der Waals surface area contributed by atoms with Crippen molar-refractivity contribution >= 4 is 0 Å². The van der Waals surface area contributed by atoms with E-state index in [2.05, 4.69) is 92.1 Å². The van der Waals surface area contributed by atoms with Gasteiger partial charge in [-0.15, -0.1) is 0 Å². The van der Waals surface area contributed by atoms with Gasteiger partial charge in [0, 0.05) is 18.3 Å². The van der Waals surface area contributed by atoms with Gasteiger partial charge >= 0.3 is 0 Å². The van der Waals surface area contributed by atoms with E-state index in [-0.39, 0.29) is 0 Å². The van der Waals surface area contributed by atoms with E-state index in [0.717, 1.165) is 25.9 Å². The molecule has 2 N–H and O–H groups in total. The van der Waals surface area contributed by atoms with Crippen LogP contribution in [-0.2, 0) is 12.8 Å². The Kier molecular flexibility index (Phi) is 7.33. The summed E-state index contributed by atoms with van der Waals surface area (Å²) < 4.78 is 0. The molecule has 3 rings (SSSR count). The summed E-state index contributed by atoms with van der Waals surface area (Å²) in [5, 5.41) is 7.52. The van der Waals surface area contributed by atoms with Gasteiger partial charge in [-0.05, 0) is 67.7 Å². The maximum Gasteiger partial charge on any atom is 0.0184 e. The highest BCUT2D eigenvalue weighted by Crippen LogP contribution is 2.39. The number of nitrogens with one attached hydrogen (secondary N) is 2. The Balaban J connectivity index is 1.52. The molecule has 1 aliphatic rings. The molecular formula is C26H36N2. The Morgan fingerprint density at radius 2 is 1.46 bits per heavy atom. The molecule has 0 aromatic heterocycles. The van der Waals surface area contributed by atoms with Crippen LogP contribution in [0.5, 0.6) is 0 Å². The van der Waals surface area contributed by atoms with E-state index in [9.17, 15) is 0 Å². The molecule has 1 atom stereocenters. The van der Waals surface area contributed by atoms with Crippen LogP contribution in [0.25, 0.3) is 0 Å². The molecule has 2 nitrogen and oxygen atoms in total. The maximum absolute atomic E-state index is 3.83. The molecule has 0 amide bonds. The molecule has 0 heterocycles. The van der Waals surface area contributed by atoms with E-state index in [4.69, 9.17) is 0 Å². The zero-order valence-corrected chi connectivity index (χ0v) is 17.8. The molecule has 1 saturated carbocycles. The van der Waals surface area contributed by atoms with E-state index >= 15 is 0 Å². The van der Waals surface area contributed by atoms with Crippen LogP contribution >= 0.6 is 0 Å². The van der Waals surface area contributed by atoms with Crippen LogP contribution < -0.4 is 10.6 Å². The third kappa shape index (κ3) is 6.53. The fraction of sp³-hybridized carbons (Fsp3) is 0.462. The Morgan fingerprint density at radius 3 is 2.07 bits per heavy atom. The molecule has 0 bridgehead atoms. The predicted octanol–water partition coefficient (Wildman–Crippen LogP) is 5.50. The van der Waals surface area contributed by atoms with Crippen LogP contribution in [0.1, 0.15) is 51.2 Å². The average molecular weight is 377 g/mol. The summed E-state index contributed by atoms with van der Waals surface area (Å²) in [7, 11) is 0. The minimum absolute atomic E-state index is 0.361. The highest BCUT2D eigenvalue weighted by molar-refractivity contribution is 5.19. The minimum Gasteiger partial charge on any atom is -0.388 e. The maximum atomic E-state index is 3.83. The number of benzene rings is 2. The smallest absolute Gasteiger partial charge is 0.0184 e. The highest BCUT2D eigenvalue weighted by atomic mass is 14.9. The van der Waals surface area contributed by atoms with Gasteiger partial charge in [0.1, 0.15) is 0 Å². The van der Waals surface area contributed by atoms with Gasteiger partial charge < -0.3 is 10.6 Å². The standard InChI is InChI=1S/C26H36N2/c1-21(27-16-14-22-10-6-4-7-11-22)24-18-25(20-26(2,3)19-24)28-17-15-23-12-8-5-9-13-23/h4-13,25,27-28H,14-20H2,1-3H3/b24-21-. The van der Waals surface area contributed by atoms with Gasteiger partial charge in [-0.25, -0.2) is 0 Å². The van der Waals surface area contributed by atoms with Gasteiger partial charge in [0.05, 0.1) is 0 Å². The lowest BCUT2D eigenvalue weighted by molar-refractivity contribution is 0.238. The number of hydrogen-bond donors (Lipinski definition) is 2. The lowest BCUT2D eigenvalue weighted by Gasteiger charge is -2.38. The predicted molar refractivity (Wildman–Crippen MR) is 120 cm³/mol. The summed E-state index contributed by atoms with van der Waals surface area (Å²) in [6, 6.07) is 22.1. The third-order valence-corrected chi connectivity index (χ3v) is 5.85. The van der Waals surface area contributed by atoms with E-state index < -0.39 is 0 Å². The molecule has 0 saturated heterocycles. The Morgan fingerprint density at radius 1 is 0.893 bits per heavy atom. The summed E-state index contributed by atoms with van der Waals surface area (Å²) in [5.74, 6) is 0. The largest absolute Gasteiger partial charge is 0.388 e. The lowest BCUT2D eigenvalue weighted by atomic mass is 9.72. The molecule has 1 fully saturated rings. The fourth-order valence-electron chi connectivity index (χ4n) is 4.42. The quantitative estimate of drug-likeness (QED) is 0.635. The van der Waals surface area contributed by atoms with Crippen LogP contribution in [-0.4, -0.2) is 19.1 Å². The van der Waals surface area contributed by atoms with Crippen LogP contribution in [0.3, 0.4) is 0 Å². The van der Waals surface area contributed by atoms with Crippen LogP contribution in [0.4, 0.5) is 0 Å². The third-order valence-electron chi connectivity index (χ3n) is 5.85. The second-order valence-electron chi connectivity index (χ2n) is 9.03. The number of hydrogen-bond acceptors (Lipinski definition) is 2. The minimum atomic E-state index is 0.361. The molecular weight excluding hydrogens is 340 g/mol. The first-order valence-electron chi connectivity index (χ1n) is 10.8. The molecule has 0 radical (unpaired) electrons. The number of allylic oxidation sites excluding steroid dienone is 1. The van der Waals surface area contributed by atoms with Crippen LogP contribution in [0.2, 0.25) is 0 Å². The van der Waals surface area contributed by atoms with Crippen molar-refractivity contribution in [3.8, 4) is 0 Å². The van der Waals surface area contributed by atoms with E-state index in [1.54, 1.807) is 5.57 Å². The molecule has 1 unspecified atom stereocenters. The van der Waals surface area contributed by atoms with Crippen molar-refractivity contribution < 1.29 is 0 Å². The van der Waals surface area contributed by atoms with Crippen molar-refractivity contribution in [2.24, 2.45) is 5.41 Å². The molecule has 2 aromatic carbocycles. The van der Waals surface area contributed by atoms with Crippen molar-refractivity contribution in [2.45, 2.75) is 58.9 Å². The van der Waals surface area contributed by atoms with Gasteiger partial charge in [0.25, 0.3) is 0 Å². The first-order chi connectivity index (χ1) is 13.5. The van der Waals surface area contributed by atoms with E-state index in [1.165, 1.54) is 36.1 Å². The summed E-state index contributed by atoms with van der Waals surface area (Å²) >= 11 is 0. The normalized spacial score (nSPS) is 20.6. The second kappa shape index (κ2) is 9.93. The van der Waals surface area contributed by atoms with E-state index in [0.29, 0.717) is 11.5 Å². The Bertz CT molecular complexity index is 747.